The van der Waals surface area contributed by atoms with Crippen molar-refractivity contribution in [1.29, 1.82) is 0 Å². The molecule has 0 aliphatic carbocycles. The van der Waals surface area contributed by atoms with E-state index in [4.69, 9.17) is 14.2 Å². The fourth-order valence-corrected chi connectivity index (χ4v) is 1.77. The van der Waals surface area contributed by atoms with Crippen LogP contribution in [0.15, 0.2) is 12.1 Å². The van der Waals surface area contributed by atoms with Crippen molar-refractivity contribution in [2.75, 3.05) is 13.2 Å². The summed E-state index contributed by atoms with van der Waals surface area (Å²) in [6.07, 6.45) is -1.25. The molecule has 0 fully saturated rings. The Morgan fingerprint density at radius 2 is 2.00 bits per heavy atom. The molecule has 5 heteroatoms. The Morgan fingerprint density at radius 3 is 2.65 bits per heavy atom. The highest BCUT2D eigenvalue weighted by Crippen LogP contribution is 2.39. The molecule has 1 heterocycles. The summed E-state index contributed by atoms with van der Waals surface area (Å²) in [5.74, 6) is 0.391. The van der Waals surface area contributed by atoms with Gasteiger partial charge in [0.05, 0.1) is 24.3 Å². The average Bonchev–Trinajstić information content (AvgIpc) is 2.56. The largest absolute Gasteiger partial charge is 0.494 e. The maximum absolute atomic E-state index is 11.5. The van der Waals surface area contributed by atoms with Crippen LogP contribution < -0.4 is 9.47 Å². The zero-order chi connectivity index (χ0) is 12.4. The van der Waals surface area contributed by atoms with E-state index in [9.17, 15) is 9.90 Å². The maximum atomic E-state index is 11.5. The highest BCUT2D eigenvalue weighted by atomic mass is 16.6. The normalized spacial score (nSPS) is 17.6. The van der Waals surface area contributed by atoms with E-state index in [1.165, 1.54) is 0 Å². The predicted molar refractivity (Wildman–Crippen MR) is 59.2 cm³/mol. The molecule has 1 aromatic rings. The summed E-state index contributed by atoms with van der Waals surface area (Å²) in [6.45, 7) is 4.59. The molecule has 1 aliphatic heterocycles. The first kappa shape index (κ1) is 11.7. The second-order valence-electron chi connectivity index (χ2n) is 3.51. The fourth-order valence-electron chi connectivity index (χ4n) is 1.77. The number of carbonyl (C=O) groups is 1. The molecule has 0 amide bonds. The molecule has 1 unspecified atom stereocenters. The monoisotopic (exact) mass is 238 g/mol. The second kappa shape index (κ2) is 4.63. The fraction of sp³-hybridized carbons (Fsp3) is 0.417. The van der Waals surface area contributed by atoms with Gasteiger partial charge in [0, 0.05) is 6.07 Å². The van der Waals surface area contributed by atoms with E-state index in [1.54, 1.807) is 12.1 Å². The summed E-state index contributed by atoms with van der Waals surface area (Å²) in [6, 6.07) is 3.21. The number of rotatable bonds is 4. The van der Waals surface area contributed by atoms with E-state index in [2.05, 4.69) is 0 Å². The lowest BCUT2D eigenvalue weighted by Crippen LogP contribution is -2.02. The number of esters is 1. The lowest BCUT2D eigenvalue weighted by atomic mass is 10.1. The van der Waals surface area contributed by atoms with Crippen LogP contribution in [-0.4, -0.2) is 24.3 Å². The van der Waals surface area contributed by atoms with Gasteiger partial charge in [0.2, 0.25) is 6.29 Å². The van der Waals surface area contributed by atoms with Gasteiger partial charge in [0.1, 0.15) is 11.5 Å². The first-order valence-electron chi connectivity index (χ1n) is 5.50. The number of ether oxygens (including phenoxy) is 3. The lowest BCUT2D eigenvalue weighted by molar-refractivity contribution is -0.0557. The number of aliphatic hydroxyl groups excluding tert-OH is 1. The van der Waals surface area contributed by atoms with E-state index in [0.717, 1.165) is 0 Å². The Hall–Kier alpha value is -1.75. The molecular weight excluding hydrogens is 224 g/mol. The van der Waals surface area contributed by atoms with Crippen molar-refractivity contribution in [3.05, 3.63) is 23.3 Å². The Balaban J connectivity index is 2.49. The van der Waals surface area contributed by atoms with Crippen molar-refractivity contribution >= 4 is 5.97 Å². The number of carbonyl (C=O) groups excluding carboxylic acids is 1. The molecule has 92 valence electrons. The lowest BCUT2D eigenvalue weighted by Gasteiger charge is -2.12. The van der Waals surface area contributed by atoms with Gasteiger partial charge < -0.3 is 19.3 Å². The summed E-state index contributed by atoms with van der Waals surface area (Å²) in [4.78, 5) is 11.5. The van der Waals surface area contributed by atoms with Crippen LogP contribution in [0.1, 0.15) is 36.1 Å². The number of aliphatic hydroxyl groups is 1. The van der Waals surface area contributed by atoms with Gasteiger partial charge in [0.15, 0.2) is 0 Å². The van der Waals surface area contributed by atoms with E-state index in [1.807, 2.05) is 13.8 Å². The molecule has 17 heavy (non-hydrogen) atoms. The van der Waals surface area contributed by atoms with Crippen molar-refractivity contribution in [2.24, 2.45) is 0 Å². The van der Waals surface area contributed by atoms with Crippen LogP contribution in [0.5, 0.6) is 11.5 Å². The SMILES string of the molecule is CCOc1cc(OCC)c2c(c1)C(=O)OC2O. The van der Waals surface area contributed by atoms with Crippen LogP contribution in [0.4, 0.5) is 0 Å². The Bertz CT molecular complexity index is 441. The molecule has 1 aliphatic rings. The molecule has 0 saturated heterocycles. The van der Waals surface area contributed by atoms with E-state index in [0.29, 0.717) is 35.8 Å². The first-order valence-corrected chi connectivity index (χ1v) is 5.50. The number of hydrogen-bond acceptors (Lipinski definition) is 5. The van der Waals surface area contributed by atoms with Crippen molar-refractivity contribution in [1.82, 2.24) is 0 Å². The Morgan fingerprint density at radius 1 is 1.29 bits per heavy atom. The zero-order valence-corrected chi connectivity index (χ0v) is 9.73. The smallest absolute Gasteiger partial charge is 0.341 e. The minimum absolute atomic E-state index is 0.298. The summed E-state index contributed by atoms with van der Waals surface area (Å²) in [5, 5.41) is 9.62. The van der Waals surface area contributed by atoms with Crippen LogP contribution in [0.2, 0.25) is 0 Å². The second-order valence-corrected chi connectivity index (χ2v) is 3.51. The van der Waals surface area contributed by atoms with E-state index in [-0.39, 0.29) is 0 Å². The van der Waals surface area contributed by atoms with Gasteiger partial charge in [-0.1, -0.05) is 0 Å². The highest BCUT2D eigenvalue weighted by molar-refractivity contribution is 5.95. The third-order valence-electron chi connectivity index (χ3n) is 2.41. The molecule has 2 rings (SSSR count). The minimum atomic E-state index is -1.25. The van der Waals surface area contributed by atoms with Gasteiger partial charge in [-0.25, -0.2) is 4.79 Å². The Kier molecular flexibility index (Phi) is 3.19. The standard InChI is InChI=1S/C12H14O5/c1-3-15-7-5-8-10(9(6-7)16-4-2)12(14)17-11(8)13/h5-6,12,14H,3-4H2,1-2H3. The third-order valence-corrected chi connectivity index (χ3v) is 2.41. The maximum Gasteiger partial charge on any atom is 0.341 e. The summed E-state index contributed by atoms with van der Waals surface area (Å²) < 4.78 is 15.4. The van der Waals surface area contributed by atoms with Gasteiger partial charge in [-0.3, -0.25) is 0 Å². The predicted octanol–water partition coefficient (Wildman–Crippen LogP) is 1.65. The molecule has 1 aromatic carbocycles. The Labute approximate surface area is 98.9 Å². The van der Waals surface area contributed by atoms with Gasteiger partial charge in [-0.2, -0.15) is 0 Å². The van der Waals surface area contributed by atoms with Crippen LogP contribution in [-0.2, 0) is 4.74 Å². The molecule has 1 N–H and O–H groups in total. The zero-order valence-electron chi connectivity index (χ0n) is 9.73. The highest BCUT2D eigenvalue weighted by Gasteiger charge is 2.33. The number of hydrogen-bond donors (Lipinski definition) is 1. The number of cyclic esters (lactones) is 1. The van der Waals surface area contributed by atoms with Gasteiger partial charge in [-0.05, 0) is 19.9 Å². The van der Waals surface area contributed by atoms with Crippen molar-refractivity contribution < 1.29 is 24.1 Å². The quantitative estimate of drug-likeness (QED) is 0.808. The van der Waals surface area contributed by atoms with Crippen LogP contribution >= 0.6 is 0 Å². The molecule has 0 radical (unpaired) electrons. The molecule has 0 spiro atoms. The van der Waals surface area contributed by atoms with E-state index >= 15 is 0 Å². The third kappa shape index (κ3) is 2.06. The topological polar surface area (TPSA) is 65.0 Å². The van der Waals surface area contributed by atoms with Crippen molar-refractivity contribution in [3.8, 4) is 11.5 Å². The summed E-state index contributed by atoms with van der Waals surface area (Å²) in [5.41, 5.74) is 0.673. The summed E-state index contributed by atoms with van der Waals surface area (Å²) in [7, 11) is 0. The molecule has 0 saturated carbocycles. The summed E-state index contributed by atoms with van der Waals surface area (Å²) >= 11 is 0. The van der Waals surface area contributed by atoms with Crippen molar-refractivity contribution in [2.45, 2.75) is 20.1 Å². The van der Waals surface area contributed by atoms with Crippen LogP contribution in [0.25, 0.3) is 0 Å². The first-order chi connectivity index (χ1) is 8.17. The van der Waals surface area contributed by atoms with Gasteiger partial charge >= 0.3 is 5.97 Å². The molecule has 5 nitrogen and oxygen atoms in total. The molecule has 1 atom stereocenters. The van der Waals surface area contributed by atoms with Crippen LogP contribution in [0.3, 0.4) is 0 Å². The molecular formula is C12H14O5. The van der Waals surface area contributed by atoms with Crippen molar-refractivity contribution in [3.63, 3.8) is 0 Å². The molecule has 0 bridgehead atoms. The number of fused-ring (bicyclic) bond motifs is 1. The van der Waals surface area contributed by atoms with Crippen LogP contribution in [0, 0.1) is 0 Å². The number of benzene rings is 1. The van der Waals surface area contributed by atoms with Gasteiger partial charge in [0.25, 0.3) is 0 Å². The minimum Gasteiger partial charge on any atom is -0.494 e. The van der Waals surface area contributed by atoms with Gasteiger partial charge in [-0.15, -0.1) is 0 Å². The average molecular weight is 238 g/mol. The molecule has 0 aromatic heterocycles. The van der Waals surface area contributed by atoms with E-state index < -0.39 is 12.3 Å².